The average Bonchev–Trinajstić information content (AvgIpc) is 2.68. The maximum atomic E-state index is 12.2. The van der Waals surface area contributed by atoms with Crippen molar-refractivity contribution in [2.75, 3.05) is 13.2 Å². The first-order chi connectivity index (χ1) is 13.0. The average molecular weight is 366 g/mol. The predicted octanol–water partition coefficient (Wildman–Crippen LogP) is 4.69. The minimum absolute atomic E-state index is 0.144. The first-order valence-electron chi connectivity index (χ1n) is 9.15. The molecule has 2 rings (SSSR count). The summed E-state index contributed by atoms with van der Waals surface area (Å²) in [6, 6.07) is 16.9. The van der Waals surface area contributed by atoms with Crippen LogP contribution in [0.2, 0.25) is 0 Å². The van der Waals surface area contributed by atoms with Crippen molar-refractivity contribution in [2.24, 2.45) is 5.92 Å². The second-order valence-electron chi connectivity index (χ2n) is 6.37. The van der Waals surface area contributed by atoms with Crippen LogP contribution in [0.15, 0.2) is 66.7 Å². The highest BCUT2D eigenvalue weighted by Gasteiger charge is 2.24. The van der Waals surface area contributed by atoms with Gasteiger partial charge in [0.2, 0.25) is 0 Å². The third kappa shape index (κ3) is 6.10. The number of hydrogen-bond acceptors (Lipinski definition) is 4. The van der Waals surface area contributed by atoms with Crippen LogP contribution < -0.4 is 0 Å². The number of aryl methyl sites for hydroxylation is 1. The van der Waals surface area contributed by atoms with E-state index in [1.54, 1.807) is 37.3 Å². The maximum absolute atomic E-state index is 12.2. The molecule has 0 aliphatic carbocycles. The third-order valence-corrected chi connectivity index (χ3v) is 4.29. The van der Waals surface area contributed by atoms with Crippen molar-refractivity contribution < 1.29 is 19.1 Å². The highest BCUT2D eigenvalue weighted by atomic mass is 16.5. The summed E-state index contributed by atoms with van der Waals surface area (Å²) in [5.41, 5.74) is 2.67. The number of carbonyl (C=O) groups excluding carboxylic acids is 2. The zero-order valence-corrected chi connectivity index (χ0v) is 16.1. The molecule has 1 unspecified atom stereocenters. The predicted molar refractivity (Wildman–Crippen MR) is 106 cm³/mol. The lowest BCUT2D eigenvalue weighted by molar-refractivity contribution is -0.147. The molecule has 2 aromatic rings. The highest BCUT2D eigenvalue weighted by molar-refractivity contribution is 5.89. The van der Waals surface area contributed by atoms with Crippen LogP contribution in [0.25, 0.3) is 0 Å². The Morgan fingerprint density at radius 3 is 2.44 bits per heavy atom. The van der Waals surface area contributed by atoms with Gasteiger partial charge < -0.3 is 9.47 Å². The molecule has 0 N–H and O–H groups in total. The molecule has 4 nitrogen and oxygen atoms in total. The lowest BCUT2D eigenvalue weighted by Gasteiger charge is -2.20. The second-order valence-corrected chi connectivity index (χ2v) is 6.37. The molecule has 0 saturated heterocycles. The maximum Gasteiger partial charge on any atom is 0.338 e. The summed E-state index contributed by atoms with van der Waals surface area (Å²) >= 11 is 0. The fourth-order valence-corrected chi connectivity index (χ4v) is 2.85. The molecule has 0 amide bonds. The Morgan fingerprint density at radius 2 is 1.78 bits per heavy atom. The minimum atomic E-state index is -0.370. The van der Waals surface area contributed by atoms with E-state index in [0.29, 0.717) is 12.2 Å². The summed E-state index contributed by atoms with van der Waals surface area (Å²) in [6.07, 6.45) is 3.69. The van der Waals surface area contributed by atoms with Crippen LogP contribution in [0.1, 0.15) is 41.3 Å². The number of allylic oxidation sites excluding steroid dienone is 1. The summed E-state index contributed by atoms with van der Waals surface area (Å²) in [5, 5.41) is 0. The summed E-state index contributed by atoms with van der Waals surface area (Å²) in [5.74, 6) is -1.10. The van der Waals surface area contributed by atoms with Gasteiger partial charge in [-0.2, -0.15) is 0 Å². The minimum Gasteiger partial charge on any atom is -0.466 e. The monoisotopic (exact) mass is 366 g/mol. The zero-order chi connectivity index (χ0) is 19.6. The van der Waals surface area contributed by atoms with Crippen LogP contribution in [0.5, 0.6) is 0 Å². The Labute approximate surface area is 160 Å². The van der Waals surface area contributed by atoms with Gasteiger partial charge in [0.1, 0.15) is 6.61 Å². The zero-order valence-electron chi connectivity index (χ0n) is 16.1. The molecule has 0 radical (unpaired) electrons. The van der Waals surface area contributed by atoms with Gasteiger partial charge in [-0.05, 0) is 31.5 Å². The van der Waals surface area contributed by atoms with Crippen LogP contribution in [0, 0.1) is 12.8 Å². The van der Waals surface area contributed by atoms with Crippen molar-refractivity contribution in [3.05, 3.63) is 83.4 Å². The van der Waals surface area contributed by atoms with Crippen LogP contribution in [-0.2, 0) is 14.3 Å². The molecule has 2 aromatic carbocycles. The van der Waals surface area contributed by atoms with E-state index in [1.165, 1.54) is 0 Å². The first kappa shape index (κ1) is 20.4. The quantitative estimate of drug-likeness (QED) is 0.502. The van der Waals surface area contributed by atoms with E-state index in [9.17, 15) is 9.59 Å². The van der Waals surface area contributed by atoms with Gasteiger partial charge in [0.15, 0.2) is 0 Å². The van der Waals surface area contributed by atoms with E-state index in [0.717, 1.165) is 11.1 Å². The second kappa shape index (κ2) is 10.3. The van der Waals surface area contributed by atoms with Crippen LogP contribution in [0.3, 0.4) is 0 Å². The van der Waals surface area contributed by atoms with Crippen molar-refractivity contribution in [1.82, 2.24) is 0 Å². The Balaban J connectivity index is 2.08. The SMILES string of the molecule is CCOC(=O)C(C)[C@H](/C=C/COC(=O)c1ccccc1)c1cccc(C)c1. The van der Waals surface area contributed by atoms with Crippen molar-refractivity contribution >= 4 is 11.9 Å². The molecular weight excluding hydrogens is 340 g/mol. The summed E-state index contributed by atoms with van der Waals surface area (Å²) < 4.78 is 10.5. The molecule has 0 aromatic heterocycles. The molecule has 0 fully saturated rings. The smallest absolute Gasteiger partial charge is 0.338 e. The Kier molecular flexibility index (Phi) is 7.80. The van der Waals surface area contributed by atoms with Gasteiger partial charge in [-0.3, -0.25) is 4.79 Å². The summed E-state index contributed by atoms with van der Waals surface area (Å²) in [7, 11) is 0. The largest absolute Gasteiger partial charge is 0.466 e. The van der Waals surface area contributed by atoms with E-state index < -0.39 is 0 Å². The van der Waals surface area contributed by atoms with E-state index >= 15 is 0 Å². The van der Waals surface area contributed by atoms with Crippen molar-refractivity contribution in [3.8, 4) is 0 Å². The highest BCUT2D eigenvalue weighted by Crippen LogP contribution is 2.28. The van der Waals surface area contributed by atoms with E-state index in [-0.39, 0.29) is 30.4 Å². The fourth-order valence-electron chi connectivity index (χ4n) is 2.85. The number of hydrogen-bond donors (Lipinski definition) is 0. The summed E-state index contributed by atoms with van der Waals surface area (Å²) in [4.78, 5) is 24.2. The van der Waals surface area contributed by atoms with E-state index in [4.69, 9.17) is 9.47 Å². The first-order valence-corrected chi connectivity index (χ1v) is 9.15. The Bertz CT molecular complexity index is 780. The molecular formula is C23H26O4. The molecule has 0 aliphatic heterocycles. The van der Waals surface area contributed by atoms with Crippen LogP contribution in [0.4, 0.5) is 0 Å². The van der Waals surface area contributed by atoms with Gasteiger partial charge in [0.25, 0.3) is 0 Å². The molecule has 0 heterocycles. The molecule has 0 saturated carbocycles. The van der Waals surface area contributed by atoms with E-state index in [1.807, 2.05) is 44.2 Å². The van der Waals surface area contributed by atoms with Gasteiger partial charge >= 0.3 is 11.9 Å². The third-order valence-electron chi connectivity index (χ3n) is 4.29. The normalized spacial score (nSPS) is 13.1. The number of esters is 2. The number of benzene rings is 2. The van der Waals surface area contributed by atoms with Crippen molar-refractivity contribution in [3.63, 3.8) is 0 Å². The van der Waals surface area contributed by atoms with Crippen molar-refractivity contribution in [2.45, 2.75) is 26.7 Å². The van der Waals surface area contributed by atoms with Gasteiger partial charge in [-0.1, -0.05) is 67.1 Å². The molecule has 0 bridgehead atoms. The van der Waals surface area contributed by atoms with Crippen LogP contribution in [-0.4, -0.2) is 25.2 Å². The summed E-state index contributed by atoms with van der Waals surface area (Å²) in [6.45, 7) is 6.16. The molecule has 4 heteroatoms. The van der Waals surface area contributed by atoms with Gasteiger partial charge in [0.05, 0.1) is 18.1 Å². The van der Waals surface area contributed by atoms with Crippen molar-refractivity contribution in [1.29, 1.82) is 0 Å². The van der Waals surface area contributed by atoms with Gasteiger partial charge in [-0.25, -0.2) is 4.79 Å². The fraction of sp³-hybridized carbons (Fsp3) is 0.304. The lowest BCUT2D eigenvalue weighted by atomic mass is 9.86. The lowest BCUT2D eigenvalue weighted by Crippen LogP contribution is -2.21. The number of rotatable bonds is 8. The Morgan fingerprint density at radius 1 is 1.04 bits per heavy atom. The van der Waals surface area contributed by atoms with Gasteiger partial charge in [-0.15, -0.1) is 0 Å². The van der Waals surface area contributed by atoms with E-state index in [2.05, 4.69) is 6.07 Å². The topological polar surface area (TPSA) is 52.6 Å². The molecule has 142 valence electrons. The van der Waals surface area contributed by atoms with Crippen LogP contribution >= 0.6 is 0 Å². The molecule has 0 spiro atoms. The standard InChI is InChI=1S/C23H26O4/c1-4-26-22(24)18(3)21(20-13-8-10-17(2)16-20)14-9-15-27-23(25)19-11-6-5-7-12-19/h5-14,16,18,21H,4,15H2,1-3H3/b14-9+/t18?,21-/m0/s1. The van der Waals surface area contributed by atoms with Gasteiger partial charge in [0, 0.05) is 5.92 Å². The molecule has 0 aliphatic rings. The number of carbonyl (C=O) groups is 2. The number of ether oxygens (including phenoxy) is 2. The molecule has 27 heavy (non-hydrogen) atoms. The molecule has 2 atom stereocenters. The Hall–Kier alpha value is -2.88.